The highest BCUT2D eigenvalue weighted by molar-refractivity contribution is 7.86. The Morgan fingerprint density at radius 1 is 1.46 bits per heavy atom. The molecule has 0 saturated heterocycles. The van der Waals surface area contributed by atoms with E-state index in [0.29, 0.717) is 19.6 Å². The molecule has 0 atom stereocenters. The standard InChI is InChI=1S/C8H14O4S/c1-3-6-12-13(9,10)8-5-7-11-4-2/h1H,4-8H2,2H3. The van der Waals surface area contributed by atoms with E-state index >= 15 is 0 Å². The average Bonchev–Trinajstić information content (AvgIpc) is 2.09. The summed E-state index contributed by atoms with van der Waals surface area (Å²) in [4.78, 5) is 0. The lowest BCUT2D eigenvalue weighted by Crippen LogP contribution is -2.12. The first-order valence-corrected chi connectivity index (χ1v) is 5.58. The van der Waals surface area contributed by atoms with Crippen molar-refractivity contribution in [2.45, 2.75) is 13.3 Å². The predicted molar refractivity (Wildman–Crippen MR) is 49.7 cm³/mol. The molecule has 0 aliphatic heterocycles. The Balaban J connectivity index is 3.59. The van der Waals surface area contributed by atoms with E-state index in [4.69, 9.17) is 11.2 Å². The smallest absolute Gasteiger partial charge is 0.268 e. The topological polar surface area (TPSA) is 52.6 Å². The lowest BCUT2D eigenvalue weighted by atomic mass is 10.5. The second-order valence-electron chi connectivity index (χ2n) is 2.28. The molecule has 0 unspecified atom stereocenters. The summed E-state index contributed by atoms with van der Waals surface area (Å²) < 4.78 is 31.4. The second kappa shape index (κ2) is 6.89. The molecule has 0 saturated carbocycles. The number of terminal acetylenes is 1. The third-order valence-electron chi connectivity index (χ3n) is 1.21. The molecule has 0 aromatic rings. The van der Waals surface area contributed by atoms with Gasteiger partial charge >= 0.3 is 0 Å². The summed E-state index contributed by atoms with van der Waals surface area (Å²) in [6.45, 7) is 2.67. The molecule has 0 aromatic carbocycles. The van der Waals surface area contributed by atoms with Gasteiger partial charge in [-0.3, -0.25) is 4.18 Å². The fraction of sp³-hybridized carbons (Fsp3) is 0.750. The van der Waals surface area contributed by atoms with Crippen molar-refractivity contribution in [3.8, 4) is 12.3 Å². The Morgan fingerprint density at radius 3 is 2.69 bits per heavy atom. The molecule has 13 heavy (non-hydrogen) atoms. The number of rotatable bonds is 7. The highest BCUT2D eigenvalue weighted by Gasteiger charge is 2.09. The molecular formula is C8H14O4S. The first-order chi connectivity index (χ1) is 6.12. The molecule has 0 aliphatic rings. The zero-order valence-electron chi connectivity index (χ0n) is 7.65. The lowest BCUT2D eigenvalue weighted by molar-refractivity contribution is 0.148. The maximum atomic E-state index is 11.0. The summed E-state index contributed by atoms with van der Waals surface area (Å²) in [6, 6.07) is 0. The van der Waals surface area contributed by atoms with E-state index < -0.39 is 10.1 Å². The zero-order chi connectivity index (χ0) is 10.2. The first kappa shape index (κ1) is 12.4. The van der Waals surface area contributed by atoms with Gasteiger partial charge in [0.1, 0.15) is 6.61 Å². The van der Waals surface area contributed by atoms with Crippen molar-refractivity contribution >= 4 is 10.1 Å². The second-order valence-corrected chi connectivity index (χ2v) is 4.04. The Hall–Kier alpha value is -0.570. The van der Waals surface area contributed by atoms with Crippen LogP contribution in [0.1, 0.15) is 13.3 Å². The van der Waals surface area contributed by atoms with E-state index in [0.717, 1.165) is 0 Å². The molecule has 4 nitrogen and oxygen atoms in total. The minimum Gasteiger partial charge on any atom is -0.382 e. The monoisotopic (exact) mass is 206 g/mol. The van der Waals surface area contributed by atoms with E-state index in [1.807, 2.05) is 6.92 Å². The van der Waals surface area contributed by atoms with E-state index in [1.54, 1.807) is 0 Å². The van der Waals surface area contributed by atoms with Crippen molar-refractivity contribution in [2.75, 3.05) is 25.6 Å². The molecular weight excluding hydrogens is 192 g/mol. The molecule has 0 heterocycles. The summed E-state index contributed by atoms with van der Waals surface area (Å²) in [5.41, 5.74) is 0. The molecule has 0 rings (SSSR count). The maximum Gasteiger partial charge on any atom is 0.268 e. The molecule has 76 valence electrons. The first-order valence-electron chi connectivity index (χ1n) is 4.00. The van der Waals surface area contributed by atoms with Crippen LogP contribution in [0.3, 0.4) is 0 Å². The Labute approximate surface area is 79.4 Å². The van der Waals surface area contributed by atoms with Crippen molar-refractivity contribution in [3.63, 3.8) is 0 Å². The molecule has 0 bridgehead atoms. The van der Waals surface area contributed by atoms with E-state index in [1.165, 1.54) is 0 Å². The van der Waals surface area contributed by atoms with Gasteiger partial charge in [-0.25, -0.2) is 0 Å². The highest BCUT2D eigenvalue weighted by atomic mass is 32.2. The molecule has 0 amide bonds. The predicted octanol–water partition coefficient (Wildman–Crippen LogP) is 0.393. The van der Waals surface area contributed by atoms with E-state index in [9.17, 15) is 8.42 Å². The molecule has 0 aromatic heterocycles. The Bertz CT molecular complexity index is 250. The van der Waals surface area contributed by atoms with E-state index in [-0.39, 0.29) is 12.4 Å². The number of hydrogen-bond acceptors (Lipinski definition) is 4. The minimum atomic E-state index is -3.45. The number of ether oxygens (including phenoxy) is 1. The van der Waals surface area contributed by atoms with Gasteiger partial charge in [-0.1, -0.05) is 5.92 Å². The third-order valence-corrected chi connectivity index (χ3v) is 2.47. The van der Waals surface area contributed by atoms with Crippen LogP contribution in [0.25, 0.3) is 0 Å². The van der Waals surface area contributed by atoms with Gasteiger partial charge in [0.2, 0.25) is 0 Å². The van der Waals surface area contributed by atoms with Crippen molar-refractivity contribution in [1.82, 2.24) is 0 Å². The third kappa shape index (κ3) is 7.78. The fourth-order valence-corrected chi connectivity index (χ4v) is 1.50. The van der Waals surface area contributed by atoms with Crippen LogP contribution in [0, 0.1) is 12.3 Å². The number of hydrogen-bond donors (Lipinski definition) is 0. The van der Waals surface area contributed by atoms with Gasteiger partial charge in [-0.2, -0.15) is 8.42 Å². The minimum absolute atomic E-state index is 0.0469. The summed E-state index contributed by atoms with van der Waals surface area (Å²) in [5, 5.41) is 0. The van der Waals surface area contributed by atoms with Crippen LogP contribution < -0.4 is 0 Å². The van der Waals surface area contributed by atoms with Gasteiger partial charge in [0.25, 0.3) is 10.1 Å². The Kier molecular flexibility index (Phi) is 6.59. The molecule has 0 fully saturated rings. The van der Waals surface area contributed by atoms with Crippen LogP contribution in [0.15, 0.2) is 0 Å². The van der Waals surface area contributed by atoms with Crippen LogP contribution in [-0.4, -0.2) is 34.0 Å². The normalized spacial score (nSPS) is 11.1. The van der Waals surface area contributed by atoms with Gasteiger partial charge in [-0.05, 0) is 13.3 Å². The molecule has 0 aliphatic carbocycles. The molecule has 5 heteroatoms. The summed E-state index contributed by atoms with van der Waals surface area (Å²) in [7, 11) is -3.45. The summed E-state index contributed by atoms with van der Waals surface area (Å²) in [5.74, 6) is 2.05. The van der Waals surface area contributed by atoms with Crippen LogP contribution >= 0.6 is 0 Å². The van der Waals surface area contributed by atoms with Crippen LogP contribution in [0.2, 0.25) is 0 Å². The summed E-state index contributed by atoms with van der Waals surface area (Å²) >= 11 is 0. The largest absolute Gasteiger partial charge is 0.382 e. The van der Waals surface area contributed by atoms with Crippen LogP contribution in [0.4, 0.5) is 0 Å². The van der Waals surface area contributed by atoms with Gasteiger partial charge < -0.3 is 4.74 Å². The summed E-state index contributed by atoms with van der Waals surface area (Å²) in [6.07, 6.45) is 5.28. The zero-order valence-corrected chi connectivity index (χ0v) is 8.47. The van der Waals surface area contributed by atoms with Gasteiger partial charge in [0.05, 0.1) is 5.75 Å². The fourth-order valence-electron chi connectivity index (χ4n) is 0.665. The highest BCUT2D eigenvalue weighted by Crippen LogP contribution is 1.96. The van der Waals surface area contributed by atoms with Crippen molar-refractivity contribution in [2.24, 2.45) is 0 Å². The van der Waals surface area contributed by atoms with Gasteiger partial charge in [0, 0.05) is 13.2 Å². The van der Waals surface area contributed by atoms with Crippen molar-refractivity contribution < 1.29 is 17.3 Å². The van der Waals surface area contributed by atoms with Crippen LogP contribution in [0.5, 0.6) is 0 Å². The lowest BCUT2D eigenvalue weighted by Gasteiger charge is -2.02. The van der Waals surface area contributed by atoms with Crippen molar-refractivity contribution in [3.05, 3.63) is 0 Å². The van der Waals surface area contributed by atoms with Gasteiger partial charge in [0.15, 0.2) is 0 Å². The van der Waals surface area contributed by atoms with Gasteiger partial charge in [-0.15, -0.1) is 6.42 Å². The molecule has 0 N–H and O–H groups in total. The molecule has 0 radical (unpaired) electrons. The van der Waals surface area contributed by atoms with Crippen molar-refractivity contribution in [1.29, 1.82) is 0 Å². The molecule has 0 spiro atoms. The average molecular weight is 206 g/mol. The quantitative estimate of drug-likeness (QED) is 0.343. The SMILES string of the molecule is C#CCOS(=O)(=O)CCCOCC. The van der Waals surface area contributed by atoms with Crippen LogP contribution in [-0.2, 0) is 19.0 Å². The Morgan fingerprint density at radius 2 is 2.15 bits per heavy atom. The maximum absolute atomic E-state index is 11.0. The van der Waals surface area contributed by atoms with E-state index in [2.05, 4.69) is 10.1 Å².